The van der Waals surface area contributed by atoms with Gasteiger partial charge in [0.1, 0.15) is 5.75 Å². The molecule has 0 unspecified atom stereocenters. The molecule has 382 valence electrons. The van der Waals surface area contributed by atoms with E-state index < -0.39 is 62.8 Å². The van der Waals surface area contributed by atoms with Crippen molar-refractivity contribution in [1.29, 1.82) is 0 Å². The van der Waals surface area contributed by atoms with E-state index in [-0.39, 0.29) is 66.7 Å². The number of carbonyl (C=O) groups is 3. The summed E-state index contributed by atoms with van der Waals surface area (Å²) in [6.07, 6.45) is 16.0. The van der Waals surface area contributed by atoms with Crippen molar-refractivity contribution in [3.63, 3.8) is 0 Å². The number of fused-ring (bicyclic) bond motifs is 2. The second-order valence-electron chi connectivity index (χ2n) is 17.9. The van der Waals surface area contributed by atoms with Gasteiger partial charge in [-0.25, -0.2) is 0 Å². The number of nitrogens with one attached hydrogen (secondary N) is 1. The summed E-state index contributed by atoms with van der Waals surface area (Å²) in [7, 11) is -18.0. The van der Waals surface area contributed by atoms with Crippen molar-refractivity contribution >= 4 is 75.3 Å². The van der Waals surface area contributed by atoms with E-state index in [0.717, 1.165) is 12.8 Å². The quantitative estimate of drug-likeness (QED) is 0.0302. The topological polar surface area (TPSA) is 299 Å². The molecule has 0 spiro atoms. The Bertz CT molecular complexity index is 3010. The van der Waals surface area contributed by atoms with Crippen molar-refractivity contribution < 1.29 is 75.6 Å². The van der Waals surface area contributed by atoms with Gasteiger partial charge in [-0.3, -0.25) is 37.5 Å². The number of hydrogen-bond donors (Lipinski definition) is 5. The minimum Gasteiger partial charge on any atom is -0.381 e. The molecule has 0 atom stereocenters. The van der Waals surface area contributed by atoms with Crippen LogP contribution in [0, 0.1) is 0 Å². The van der Waals surface area contributed by atoms with Crippen LogP contribution in [-0.4, -0.2) is 136 Å². The highest BCUT2D eigenvalue weighted by Crippen LogP contribution is 2.48. The van der Waals surface area contributed by atoms with Gasteiger partial charge in [0, 0.05) is 72.7 Å². The summed E-state index contributed by atoms with van der Waals surface area (Å²) in [5.41, 5.74) is 1.68. The van der Waals surface area contributed by atoms with Gasteiger partial charge in [-0.15, -0.1) is 0 Å². The first-order valence-corrected chi connectivity index (χ1v) is 28.3. The molecule has 5 rings (SSSR count). The summed E-state index contributed by atoms with van der Waals surface area (Å²) < 4.78 is 142. The van der Waals surface area contributed by atoms with Gasteiger partial charge in [0.15, 0.2) is 12.3 Å². The van der Waals surface area contributed by atoms with Gasteiger partial charge in [0.05, 0.1) is 34.2 Å². The lowest BCUT2D eigenvalue weighted by Crippen LogP contribution is -2.30. The molecule has 0 saturated carbocycles. The third kappa shape index (κ3) is 14.7. The Morgan fingerprint density at radius 1 is 0.714 bits per heavy atom. The second kappa shape index (κ2) is 22.5. The molecule has 24 heteroatoms. The molecule has 3 heterocycles. The van der Waals surface area contributed by atoms with Gasteiger partial charge >= 0.3 is 0 Å². The first-order valence-electron chi connectivity index (χ1n) is 22.2. The van der Waals surface area contributed by atoms with Crippen molar-refractivity contribution in [2.45, 2.75) is 86.8 Å². The number of hydrogen-bond acceptors (Lipinski definition) is 13. The summed E-state index contributed by atoms with van der Waals surface area (Å²) in [6.45, 7) is 7.75. The molecule has 0 bridgehead atoms. The zero-order chi connectivity index (χ0) is 51.9. The van der Waals surface area contributed by atoms with Crippen LogP contribution < -0.4 is 10.2 Å². The summed E-state index contributed by atoms with van der Waals surface area (Å²) >= 11 is 0. The van der Waals surface area contributed by atoms with Gasteiger partial charge in [-0.05, 0) is 80.7 Å². The number of rotatable bonds is 25. The molecule has 0 fully saturated rings. The lowest BCUT2D eigenvalue weighted by atomic mass is 9.81. The highest BCUT2D eigenvalue weighted by atomic mass is 32.2. The maximum Gasteiger partial charge on any atom is 0.294 e. The fraction of sp³-hybridized carbons (Fsp3) is 0.435. The summed E-state index contributed by atoms with van der Waals surface area (Å²) in [5, 5.41) is 2.85. The molecular formula is C46H59N4O16S4+. The van der Waals surface area contributed by atoms with Crippen LogP contribution >= 0.6 is 0 Å². The Morgan fingerprint density at radius 2 is 1.31 bits per heavy atom. The van der Waals surface area contributed by atoms with Crippen molar-refractivity contribution in [3.8, 4) is 0 Å². The van der Waals surface area contributed by atoms with E-state index in [1.807, 2.05) is 0 Å². The summed E-state index contributed by atoms with van der Waals surface area (Å²) in [6, 6.07) is 7.87. The van der Waals surface area contributed by atoms with E-state index in [9.17, 15) is 66.3 Å². The number of ether oxygens (including phenoxy) is 1. The minimum absolute atomic E-state index is 0.0774. The van der Waals surface area contributed by atoms with E-state index >= 15 is 0 Å². The molecule has 2 aromatic carbocycles. The van der Waals surface area contributed by atoms with Gasteiger partial charge < -0.3 is 15.0 Å². The molecule has 0 radical (unpaired) electrons. The number of imide groups is 1. The van der Waals surface area contributed by atoms with Crippen LogP contribution in [0.1, 0.15) is 77.3 Å². The van der Waals surface area contributed by atoms with Crippen LogP contribution in [0.25, 0.3) is 0 Å². The third-order valence-corrected chi connectivity index (χ3v) is 15.2. The SMILES string of the molecule is CC1(C)C(=CC=CC(=CC=CC2=[N+](CCS(=O)(=O)O)c3ccc(S(=O)(=O)O)cc3C2(C)C)CCOCCC(=O)NCCCCCCN2C(=O)C=CC2=O)N(CCS(=O)(=O)O)c2ccc(S(=O)(=O)O)cc21. The van der Waals surface area contributed by atoms with Crippen molar-refractivity contribution in [1.82, 2.24) is 10.2 Å². The Balaban J connectivity index is 1.36. The molecule has 2 aromatic rings. The zero-order valence-corrected chi connectivity index (χ0v) is 42.4. The Kier molecular flexibility index (Phi) is 17.9. The predicted molar refractivity (Wildman–Crippen MR) is 260 cm³/mol. The number of allylic oxidation sites excluding steroid dienone is 7. The molecule has 3 aliphatic rings. The predicted octanol–water partition coefficient (Wildman–Crippen LogP) is 4.45. The van der Waals surface area contributed by atoms with Crippen molar-refractivity contribution in [3.05, 3.63) is 107 Å². The average Bonchev–Trinajstić information content (AvgIpc) is 3.77. The lowest BCUT2D eigenvalue weighted by molar-refractivity contribution is -0.432. The van der Waals surface area contributed by atoms with Gasteiger partial charge in [-0.2, -0.15) is 38.2 Å². The summed E-state index contributed by atoms with van der Waals surface area (Å²) in [4.78, 5) is 38.1. The molecule has 0 saturated heterocycles. The third-order valence-electron chi connectivity index (χ3n) is 12.1. The fourth-order valence-electron chi connectivity index (χ4n) is 8.45. The standard InChI is InChI=1S/C46H58N4O16S4/c1-45(2)36-31-34(69(60,61)62)15-17-38(36)48(25-29-67(54,55)56)40(45)13-9-11-33(21-27-66-28-22-42(51)47-23-7-5-6-8-24-50-43(52)19-20-44(50)53)12-10-14-41-46(3,4)37-32-35(70(63,64)65)16-18-39(37)49(41)26-30-68(57,58)59/h9-20,31-32H,5-8,21-30H2,1-4H3,(H4-,47,51,54,55,56,57,58,59,60,61,62,63,64,65)/p+1. The molecule has 3 aliphatic heterocycles. The number of amides is 3. The Morgan fingerprint density at radius 3 is 1.94 bits per heavy atom. The van der Waals surface area contributed by atoms with Gasteiger partial charge in [-0.1, -0.05) is 51.0 Å². The van der Waals surface area contributed by atoms with E-state index in [1.165, 1.54) is 53.5 Å². The zero-order valence-electron chi connectivity index (χ0n) is 39.1. The normalized spacial score (nSPS) is 17.8. The largest absolute Gasteiger partial charge is 0.381 e. The molecule has 0 aromatic heterocycles. The average molecular weight is 1050 g/mol. The first-order chi connectivity index (χ1) is 32.5. The van der Waals surface area contributed by atoms with Crippen LogP contribution in [0.2, 0.25) is 0 Å². The van der Waals surface area contributed by atoms with Crippen LogP contribution in [0.4, 0.5) is 11.4 Å². The maximum absolute atomic E-state index is 12.6. The van der Waals surface area contributed by atoms with Gasteiger partial charge in [0.2, 0.25) is 11.6 Å². The highest BCUT2D eigenvalue weighted by molar-refractivity contribution is 7.86. The van der Waals surface area contributed by atoms with E-state index in [1.54, 1.807) is 73.6 Å². The fourth-order valence-corrected chi connectivity index (χ4v) is 10.3. The number of benzene rings is 2. The smallest absolute Gasteiger partial charge is 0.294 e. The van der Waals surface area contributed by atoms with E-state index in [4.69, 9.17) is 4.74 Å². The number of unbranched alkanes of at least 4 members (excludes halogenated alkanes) is 3. The number of carbonyl (C=O) groups excluding carboxylic acids is 3. The minimum atomic E-state index is -4.60. The molecular weight excluding hydrogens is 993 g/mol. The highest BCUT2D eigenvalue weighted by Gasteiger charge is 2.45. The van der Waals surface area contributed by atoms with Crippen molar-refractivity contribution in [2.24, 2.45) is 0 Å². The monoisotopic (exact) mass is 1050 g/mol. The number of anilines is 1. The molecule has 20 nitrogen and oxygen atoms in total. The van der Waals surface area contributed by atoms with Crippen LogP contribution in [-0.2, 0) is 70.4 Å². The van der Waals surface area contributed by atoms with Crippen LogP contribution in [0.15, 0.2) is 106 Å². The Labute approximate surface area is 409 Å². The Hall–Kier alpha value is -5.18. The van der Waals surface area contributed by atoms with Crippen LogP contribution in [0.3, 0.4) is 0 Å². The van der Waals surface area contributed by atoms with E-state index in [0.29, 0.717) is 65.4 Å². The molecule has 70 heavy (non-hydrogen) atoms. The lowest BCUT2D eigenvalue weighted by Gasteiger charge is -2.26. The maximum atomic E-state index is 12.6. The molecule has 3 amide bonds. The van der Waals surface area contributed by atoms with Crippen molar-refractivity contribution in [2.75, 3.05) is 55.8 Å². The van der Waals surface area contributed by atoms with Crippen LogP contribution in [0.5, 0.6) is 0 Å². The first kappa shape index (κ1) is 55.7. The molecule has 0 aliphatic carbocycles. The van der Waals surface area contributed by atoms with E-state index in [2.05, 4.69) is 5.32 Å². The second-order valence-corrected chi connectivity index (χ2v) is 23.9. The molecule has 5 N–H and O–H groups in total. The summed E-state index contributed by atoms with van der Waals surface area (Å²) in [5.74, 6) is -2.16. The number of nitrogens with zero attached hydrogens (tertiary/aromatic N) is 3. The van der Waals surface area contributed by atoms with Gasteiger partial charge in [0.25, 0.3) is 52.3 Å².